The van der Waals surface area contributed by atoms with Crippen LogP contribution in [0.2, 0.25) is 5.15 Å². The molecule has 0 spiro atoms. The van der Waals surface area contributed by atoms with Gasteiger partial charge in [0, 0.05) is 12.6 Å². The van der Waals surface area contributed by atoms with Crippen molar-refractivity contribution in [2.24, 2.45) is 0 Å². The predicted molar refractivity (Wildman–Crippen MR) is 138 cm³/mol. The first-order valence-corrected chi connectivity index (χ1v) is 16.1. The normalized spacial score (nSPS) is 24.4. The first-order chi connectivity index (χ1) is 17.6. The lowest BCUT2D eigenvalue weighted by Gasteiger charge is -2.38. The molecule has 0 saturated carbocycles. The Morgan fingerprint density at radius 2 is 1.89 bits per heavy atom. The Kier molecular flexibility index (Phi) is 7.78. The quantitative estimate of drug-likeness (QED) is 0.326. The van der Waals surface area contributed by atoms with Gasteiger partial charge in [-0.25, -0.2) is 9.50 Å². The summed E-state index contributed by atoms with van der Waals surface area (Å²) in [4.78, 5) is 34.7. The molecular formula is C23H29ClN4O7P2. The van der Waals surface area contributed by atoms with Gasteiger partial charge in [0.1, 0.15) is 6.10 Å². The fourth-order valence-electron chi connectivity index (χ4n) is 5.13. The molecule has 4 heterocycles. The second-order valence-electron chi connectivity index (χ2n) is 9.45. The number of hydrogen-bond donors (Lipinski definition) is 3. The predicted octanol–water partition coefficient (Wildman–Crippen LogP) is 4.67. The number of rotatable bonds is 8. The molecule has 0 radical (unpaired) electrons. The number of halogens is 1. The topological polar surface area (TPSA) is 147 Å². The maximum Gasteiger partial charge on any atom is 0.340 e. The Morgan fingerprint density at radius 1 is 1.11 bits per heavy atom. The lowest BCUT2D eigenvalue weighted by Crippen LogP contribution is -2.34. The van der Waals surface area contributed by atoms with Crippen molar-refractivity contribution in [1.82, 2.24) is 14.6 Å². The molecule has 2 aliphatic rings. The van der Waals surface area contributed by atoms with Gasteiger partial charge in [0.25, 0.3) is 0 Å². The van der Waals surface area contributed by atoms with E-state index >= 15 is 0 Å². The van der Waals surface area contributed by atoms with Crippen LogP contribution < -0.4 is 4.90 Å². The third-order valence-electron chi connectivity index (χ3n) is 6.70. The molecule has 2 saturated heterocycles. The summed E-state index contributed by atoms with van der Waals surface area (Å²) in [6.45, 7) is 0.611. The zero-order valence-corrected chi connectivity index (χ0v) is 22.5. The van der Waals surface area contributed by atoms with Crippen molar-refractivity contribution in [1.29, 1.82) is 0 Å². The van der Waals surface area contributed by atoms with Gasteiger partial charge in [-0.3, -0.25) is 9.13 Å². The van der Waals surface area contributed by atoms with E-state index in [-0.39, 0.29) is 12.6 Å². The van der Waals surface area contributed by atoms with Crippen molar-refractivity contribution in [3.63, 3.8) is 0 Å². The van der Waals surface area contributed by atoms with E-state index in [1.165, 1.54) is 5.56 Å². The zero-order chi connectivity index (χ0) is 26.2. The number of ether oxygens (including phenoxy) is 1. The van der Waals surface area contributed by atoms with E-state index in [0.29, 0.717) is 29.3 Å². The standard InChI is InChI=1S/C23H29ClN4O7P2/c24-22-12-19(27-11-5-4-8-18(27)16-6-2-1-3-7-16)23-25-13-20(28(23)26-22)21-10-9-17(35-21)14-34-37(32,33)15-36(29,30)31/h1-3,6-7,12-13,17-18,21H,4-5,8-11,14-15H2,(H,32,33)(H2,29,30,31)/t17-,18-,21?/m0/s1. The van der Waals surface area contributed by atoms with Crippen LogP contribution in [0, 0.1) is 0 Å². The summed E-state index contributed by atoms with van der Waals surface area (Å²) < 4.78 is 35.7. The maximum atomic E-state index is 12.0. The van der Waals surface area contributed by atoms with Crippen LogP contribution in [-0.2, 0) is 18.4 Å². The van der Waals surface area contributed by atoms with Gasteiger partial charge in [-0.15, -0.1) is 0 Å². The van der Waals surface area contributed by atoms with E-state index in [9.17, 15) is 14.0 Å². The highest BCUT2D eigenvalue weighted by molar-refractivity contribution is 7.70. The van der Waals surface area contributed by atoms with Crippen molar-refractivity contribution in [2.45, 2.75) is 50.4 Å². The average molecular weight is 571 g/mol. The van der Waals surface area contributed by atoms with Crippen LogP contribution >= 0.6 is 26.8 Å². The lowest BCUT2D eigenvalue weighted by atomic mass is 9.95. The molecule has 0 aliphatic carbocycles. The Labute approximate surface area is 219 Å². The summed E-state index contributed by atoms with van der Waals surface area (Å²) in [6.07, 6.45) is 5.14. The molecule has 3 N–H and O–H groups in total. The van der Waals surface area contributed by atoms with Crippen LogP contribution in [0.4, 0.5) is 5.69 Å². The Morgan fingerprint density at radius 3 is 2.65 bits per heavy atom. The van der Waals surface area contributed by atoms with Crippen LogP contribution in [0.25, 0.3) is 5.65 Å². The fraction of sp³-hybridized carbons (Fsp3) is 0.478. The molecule has 5 rings (SSSR count). The number of piperidine rings is 1. The van der Waals surface area contributed by atoms with E-state index < -0.39 is 33.3 Å². The number of hydrogen-bond acceptors (Lipinski definition) is 7. The van der Waals surface area contributed by atoms with Gasteiger partial charge in [-0.2, -0.15) is 5.10 Å². The minimum atomic E-state index is -4.69. The molecule has 0 bridgehead atoms. The highest BCUT2D eigenvalue weighted by atomic mass is 35.5. The number of aromatic nitrogens is 3. The minimum Gasteiger partial charge on any atom is -0.366 e. The Balaban J connectivity index is 1.36. The molecule has 200 valence electrons. The third-order valence-corrected chi connectivity index (χ3v) is 10.3. The van der Waals surface area contributed by atoms with Gasteiger partial charge in [0.15, 0.2) is 16.7 Å². The van der Waals surface area contributed by atoms with Gasteiger partial charge < -0.3 is 28.8 Å². The Bertz CT molecular complexity index is 1350. The van der Waals surface area contributed by atoms with E-state index in [4.69, 9.17) is 30.6 Å². The van der Waals surface area contributed by atoms with Gasteiger partial charge in [0.05, 0.1) is 36.3 Å². The highest BCUT2D eigenvalue weighted by Gasteiger charge is 2.35. The second-order valence-corrected chi connectivity index (χ2v) is 13.8. The van der Waals surface area contributed by atoms with Crippen LogP contribution in [0.15, 0.2) is 42.6 Å². The number of imidazole rings is 1. The monoisotopic (exact) mass is 570 g/mol. The Hall–Kier alpha value is -1.81. The summed E-state index contributed by atoms with van der Waals surface area (Å²) in [7, 11) is -9.13. The molecule has 4 atom stereocenters. The van der Waals surface area contributed by atoms with Crippen LogP contribution in [0.5, 0.6) is 0 Å². The van der Waals surface area contributed by atoms with Gasteiger partial charge in [-0.05, 0) is 37.7 Å². The summed E-state index contributed by atoms with van der Waals surface area (Å²) in [5, 5.41) is 4.82. The summed E-state index contributed by atoms with van der Waals surface area (Å²) in [5.41, 5.74) is 3.52. The molecule has 2 fully saturated rings. The summed E-state index contributed by atoms with van der Waals surface area (Å²) in [6, 6.07) is 12.4. The highest BCUT2D eigenvalue weighted by Crippen LogP contribution is 2.55. The fourth-order valence-corrected chi connectivity index (χ4v) is 7.90. The molecule has 11 nitrogen and oxygen atoms in total. The number of fused-ring (bicyclic) bond motifs is 1. The molecule has 2 aliphatic heterocycles. The van der Waals surface area contributed by atoms with Gasteiger partial charge in [0.2, 0.25) is 0 Å². The number of benzene rings is 1. The molecule has 0 amide bonds. The zero-order valence-electron chi connectivity index (χ0n) is 20.0. The summed E-state index contributed by atoms with van der Waals surface area (Å²) in [5.74, 6) is -1.23. The molecule has 2 unspecified atom stereocenters. The average Bonchev–Trinajstić information content (AvgIpc) is 3.48. The molecular weight excluding hydrogens is 542 g/mol. The van der Waals surface area contributed by atoms with Crippen molar-refractivity contribution in [3.8, 4) is 0 Å². The first-order valence-electron chi connectivity index (χ1n) is 12.1. The number of anilines is 1. The van der Waals surface area contributed by atoms with E-state index in [1.54, 1.807) is 10.7 Å². The maximum absolute atomic E-state index is 12.0. The molecule has 14 heteroatoms. The molecule has 37 heavy (non-hydrogen) atoms. The van der Waals surface area contributed by atoms with Crippen LogP contribution in [0.3, 0.4) is 0 Å². The van der Waals surface area contributed by atoms with Gasteiger partial charge in [-0.1, -0.05) is 41.9 Å². The van der Waals surface area contributed by atoms with Crippen molar-refractivity contribution in [2.75, 3.05) is 24.0 Å². The first kappa shape index (κ1) is 26.8. The lowest BCUT2D eigenvalue weighted by molar-refractivity contribution is 0.0125. The van der Waals surface area contributed by atoms with Crippen LogP contribution in [-0.4, -0.2) is 54.4 Å². The SMILES string of the molecule is O=P(O)(O)CP(=O)(O)OC[C@@H]1CCC(c2cnc3c(N4CCCC[C@H]4c4ccccc4)cc(Cl)nn23)O1. The molecule has 3 aromatic rings. The van der Waals surface area contributed by atoms with E-state index in [2.05, 4.69) is 27.1 Å². The van der Waals surface area contributed by atoms with Crippen LogP contribution in [0.1, 0.15) is 55.5 Å². The van der Waals surface area contributed by atoms with E-state index in [1.807, 2.05) is 24.3 Å². The molecule has 1 aromatic carbocycles. The van der Waals surface area contributed by atoms with Crippen molar-refractivity contribution in [3.05, 3.63) is 59.0 Å². The van der Waals surface area contributed by atoms with Gasteiger partial charge >= 0.3 is 15.2 Å². The largest absolute Gasteiger partial charge is 0.366 e. The number of nitrogens with zero attached hydrogens (tertiary/aromatic N) is 4. The summed E-state index contributed by atoms with van der Waals surface area (Å²) >= 11 is 6.48. The molecule has 2 aromatic heterocycles. The second kappa shape index (κ2) is 10.8. The third kappa shape index (κ3) is 6.27. The van der Waals surface area contributed by atoms with E-state index in [0.717, 1.165) is 31.5 Å². The smallest absolute Gasteiger partial charge is 0.340 e. The van der Waals surface area contributed by atoms with Crippen molar-refractivity contribution >= 4 is 38.1 Å². The minimum absolute atomic E-state index is 0.198. The van der Waals surface area contributed by atoms with Crippen molar-refractivity contribution < 1.29 is 33.1 Å².